The van der Waals surface area contributed by atoms with Crippen LogP contribution in [0.5, 0.6) is 0 Å². The third-order valence-corrected chi connectivity index (χ3v) is 3.35. The standard InChI is InChI=1S/C15H10F3N3O/c1-8-5-12(20-7-11(8)15(16,17)18)10-6-21-14(22)9-3-2-4-19-13(9)10/h2-7H,1H3,(H,21,22). The average Bonchev–Trinajstić information content (AvgIpc) is 2.46. The lowest BCUT2D eigenvalue weighted by molar-refractivity contribution is -0.138. The molecule has 3 aromatic heterocycles. The fourth-order valence-electron chi connectivity index (χ4n) is 2.28. The van der Waals surface area contributed by atoms with Gasteiger partial charge in [0.25, 0.3) is 5.56 Å². The van der Waals surface area contributed by atoms with Gasteiger partial charge in [0.2, 0.25) is 0 Å². The molecule has 3 aromatic rings. The molecule has 112 valence electrons. The summed E-state index contributed by atoms with van der Waals surface area (Å²) >= 11 is 0. The number of nitrogens with one attached hydrogen (secondary N) is 1. The van der Waals surface area contributed by atoms with Crippen LogP contribution in [-0.2, 0) is 6.18 Å². The highest BCUT2D eigenvalue weighted by Gasteiger charge is 2.32. The number of nitrogens with zero attached hydrogens (tertiary/aromatic N) is 2. The van der Waals surface area contributed by atoms with Gasteiger partial charge in [-0.2, -0.15) is 13.2 Å². The molecule has 0 aliphatic heterocycles. The molecule has 22 heavy (non-hydrogen) atoms. The fraction of sp³-hybridized carbons (Fsp3) is 0.133. The van der Waals surface area contributed by atoms with Gasteiger partial charge in [-0.1, -0.05) is 0 Å². The molecule has 7 heteroatoms. The minimum Gasteiger partial charge on any atom is -0.328 e. The van der Waals surface area contributed by atoms with Crippen molar-refractivity contribution in [3.8, 4) is 11.3 Å². The van der Waals surface area contributed by atoms with Gasteiger partial charge in [-0.25, -0.2) is 0 Å². The van der Waals surface area contributed by atoms with E-state index in [4.69, 9.17) is 0 Å². The highest BCUT2D eigenvalue weighted by Crippen LogP contribution is 2.33. The molecule has 0 amide bonds. The van der Waals surface area contributed by atoms with Crippen LogP contribution in [0, 0.1) is 6.92 Å². The number of fused-ring (bicyclic) bond motifs is 1. The molecule has 0 saturated heterocycles. The Morgan fingerprint density at radius 1 is 1.23 bits per heavy atom. The smallest absolute Gasteiger partial charge is 0.328 e. The minimum atomic E-state index is -4.44. The summed E-state index contributed by atoms with van der Waals surface area (Å²) in [5.41, 5.74) is 0.177. The molecule has 0 saturated carbocycles. The maximum absolute atomic E-state index is 12.8. The minimum absolute atomic E-state index is 0.0628. The van der Waals surface area contributed by atoms with Crippen molar-refractivity contribution in [2.75, 3.05) is 0 Å². The first-order chi connectivity index (χ1) is 10.4. The van der Waals surface area contributed by atoms with Crippen LogP contribution in [0.25, 0.3) is 22.2 Å². The lowest BCUT2D eigenvalue weighted by Crippen LogP contribution is -2.09. The van der Waals surface area contributed by atoms with E-state index in [0.717, 1.165) is 6.20 Å². The molecule has 0 spiro atoms. The van der Waals surface area contributed by atoms with Gasteiger partial charge in [0.05, 0.1) is 22.2 Å². The largest absolute Gasteiger partial charge is 0.418 e. The van der Waals surface area contributed by atoms with Gasteiger partial charge in [0.15, 0.2) is 0 Å². The number of rotatable bonds is 1. The van der Waals surface area contributed by atoms with Crippen molar-refractivity contribution in [1.29, 1.82) is 0 Å². The third kappa shape index (κ3) is 2.34. The lowest BCUT2D eigenvalue weighted by Gasteiger charge is -2.11. The van der Waals surface area contributed by atoms with Crippen LogP contribution >= 0.6 is 0 Å². The summed E-state index contributed by atoms with van der Waals surface area (Å²) in [5, 5.41) is 0.361. The zero-order valence-electron chi connectivity index (χ0n) is 11.4. The highest BCUT2D eigenvalue weighted by molar-refractivity contribution is 5.91. The Bertz CT molecular complexity index is 916. The van der Waals surface area contributed by atoms with Crippen molar-refractivity contribution in [2.24, 2.45) is 0 Å². The summed E-state index contributed by atoms with van der Waals surface area (Å²) < 4.78 is 38.4. The maximum Gasteiger partial charge on any atom is 0.418 e. The number of hydrogen-bond donors (Lipinski definition) is 1. The van der Waals surface area contributed by atoms with Crippen LogP contribution in [0.2, 0.25) is 0 Å². The van der Waals surface area contributed by atoms with E-state index in [1.165, 1.54) is 25.4 Å². The number of aromatic nitrogens is 3. The molecular formula is C15H10F3N3O. The maximum atomic E-state index is 12.8. The van der Waals surface area contributed by atoms with Crippen molar-refractivity contribution in [3.05, 3.63) is 58.3 Å². The van der Waals surface area contributed by atoms with Gasteiger partial charge >= 0.3 is 6.18 Å². The van der Waals surface area contributed by atoms with E-state index in [1.54, 1.807) is 12.1 Å². The molecule has 0 atom stereocenters. The second-order valence-electron chi connectivity index (χ2n) is 4.81. The van der Waals surface area contributed by atoms with E-state index in [-0.39, 0.29) is 11.1 Å². The third-order valence-electron chi connectivity index (χ3n) is 3.35. The predicted molar refractivity (Wildman–Crippen MR) is 75.3 cm³/mol. The zero-order valence-corrected chi connectivity index (χ0v) is 11.4. The molecule has 0 radical (unpaired) electrons. The zero-order chi connectivity index (χ0) is 15.9. The van der Waals surface area contributed by atoms with E-state index in [9.17, 15) is 18.0 Å². The quantitative estimate of drug-likeness (QED) is 0.750. The Morgan fingerprint density at radius 2 is 2.00 bits per heavy atom. The summed E-state index contributed by atoms with van der Waals surface area (Å²) in [6, 6.07) is 4.55. The summed E-state index contributed by atoms with van der Waals surface area (Å²) in [6.07, 6.45) is -0.722. The Morgan fingerprint density at radius 3 is 2.68 bits per heavy atom. The molecule has 1 N–H and O–H groups in total. The topological polar surface area (TPSA) is 58.6 Å². The lowest BCUT2D eigenvalue weighted by atomic mass is 10.1. The van der Waals surface area contributed by atoms with E-state index in [0.29, 0.717) is 22.2 Å². The summed E-state index contributed by atoms with van der Waals surface area (Å²) in [5.74, 6) is 0. The number of H-pyrrole nitrogens is 1. The second-order valence-corrected chi connectivity index (χ2v) is 4.81. The molecule has 0 aromatic carbocycles. The van der Waals surface area contributed by atoms with Gasteiger partial charge in [-0.3, -0.25) is 14.8 Å². The summed E-state index contributed by atoms with van der Waals surface area (Å²) in [6.45, 7) is 1.37. The molecule has 3 rings (SSSR count). The van der Waals surface area contributed by atoms with Crippen molar-refractivity contribution in [2.45, 2.75) is 13.1 Å². The second kappa shape index (κ2) is 4.94. The number of alkyl halides is 3. The van der Waals surface area contributed by atoms with Crippen molar-refractivity contribution >= 4 is 10.9 Å². The van der Waals surface area contributed by atoms with Gasteiger partial charge in [0, 0.05) is 24.2 Å². The van der Waals surface area contributed by atoms with Crippen LogP contribution in [-0.4, -0.2) is 15.0 Å². The molecule has 0 aliphatic rings. The highest BCUT2D eigenvalue weighted by atomic mass is 19.4. The predicted octanol–water partition coefficient (Wildman–Crippen LogP) is 3.31. The summed E-state index contributed by atoms with van der Waals surface area (Å²) in [7, 11) is 0. The normalized spacial score (nSPS) is 11.8. The van der Waals surface area contributed by atoms with Gasteiger partial charge < -0.3 is 4.98 Å². The van der Waals surface area contributed by atoms with Crippen LogP contribution < -0.4 is 5.56 Å². The van der Waals surface area contributed by atoms with Gasteiger partial charge in [-0.05, 0) is 30.7 Å². The van der Waals surface area contributed by atoms with Crippen LogP contribution in [0.1, 0.15) is 11.1 Å². The fourth-order valence-corrected chi connectivity index (χ4v) is 2.28. The van der Waals surface area contributed by atoms with Gasteiger partial charge in [0.1, 0.15) is 0 Å². The van der Waals surface area contributed by atoms with Crippen molar-refractivity contribution < 1.29 is 13.2 Å². The number of pyridine rings is 3. The van der Waals surface area contributed by atoms with Crippen LogP contribution in [0.4, 0.5) is 13.2 Å². The molecule has 3 heterocycles. The first-order valence-corrected chi connectivity index (χ1v) is 6.38. The molecule has 0 aliphatic carbocycles. The van der Waals surface area contributed by atoms with E-state index in [1.807, 2.05) is 0 Å². The van der Waals surface area contributed by atoms with E-state index in [2.05, 4.69) is 15.0 Å². The van der Waals surface area contributed by atoms with Crippen molar-refractivity contribution in [3.63, 3.8) is 0 Å². The monoisotopic (exact) mass is 305 g/mol. The SMILES string of the molecule is Cc1cc(-c2c[nH]c(=O)c3cccnc23)ncc1C(F)(F)F. The molecule has 0 fully saturated rings. The van der Waals surface area contributed by atoms with E-state index >= 15 is 0 Å². The first-order valence-electron chi connectivity index (χ1n) is 6.38. The Balaban J connectivity index is 2.23. The molecule has 0 unspecified atom stereocenters. The Labute approximate surface area is 122 Å². The van der Waals surface area contributed by atoms with Crippen LogP contribution in [0.3, 0.4) is 0 Å². The Hall–Kier alpha value is -2.70. The molecule has 0 bridgehead atoms. The average molecular weight is 305 g/mol. The number of aryl methyl sites for hydroxylation is 1. The van der Waals surface area contributed by atoms with Crippen LogP contribution in [0.15, 0.2) is 41.6 Å². The number of hydrogen-bond acceptors (Lipinski definition) is 3. The molecular weight excluding hydrogens is 295 g/mol. The van der Waals surface area contributed by atoms with Crippen molar-refractivity contribution in [1.82, 2.24) is 15.0 Å². The molecule has 4 nitrogen and oxygen atoms in total. The number of halogens is 3. The van der Waals surface area contributed by atoms with Gasteiger partial charge in [-0.15, -0.1) is 0 Å². The first kappa shape index (κ1) is 14.2. The summed E-state index contributed by atoms with van der Waals surface area (Å²) in [4.78, 5) is 22.3. The van der Waals surface area contributed by atoms with E-state index < -0.39 is 11.7 Å². The Kier molecular flexibility index (Phi) is 3.20. The number of aromatic amines is 1.